The number of hydrogen-bond donors (Lipinski definition) is 2. The molecule has 1 atom stereocenters. The summed E-state index contributed by atoms with van der Waals surface area (Å²) in [6.07, 6.45) is -1.21. The summed E-state index contributed by atoms with van der Waals surface area (Å²) < 4.78 is 13.0. The van der Waals surface area contributed by atoms with Crippen LogP contribution in [-0.2, 0) is 4.79 Å². The lowest BCUT2D eigenvalue weighted by Gasteiger charge is -2.11. The zero-order valence-corrected chi connectivity index (χ0v) is 11.3. The number of nitrogens with one attached hydrogen (secondary N) is 1. The maximum Gasteiger partial charge on any atom is 0.227 e. The number of carbonyl (C=O) groups excluding carboxylic acids is 1. The van der Waals surface area contributed by atoms with E-state index >= 15 is 0 Å². The second-order valence-corrected chi connectivity index (χ2v) is 4.77. The van der Waals surface area contributed by atoms with Crippen molar-refractivity contribution < 1.29 is 14.3 Å². The van der Waals surface area contributed by atoms with E-state index in [1.54, 1.807) is 30.3 Å². The van der Waals surface area contributed by atoms with Crippen molar-refractivity contribution in [1.29, 1.82) is 0 Å². The van der Waals surface area contributed by atoms with E-state index in [0.717, 1.165) is 0 Å². The Kier molecular flexibility index (Phi) is 4.71. The van der Waals surface area contributed by atoms with Crippen molar-refractivity contribution in [3.8, 4) is 0 Å². The molecule has 0 radical (unpaired) electrons. The monoisotopic (exact) mass is 293 g/mol. The Bertz CT molecular complexity index is 618. The van der Waals surface area contributed by atoms with Gasteiger partial charge in [-0.15, -0.1) is 0 Å². The first-order valence-electron chi connectivity index (χ1n) is 6.03. The highest BCUT2D eigenvalue weighted by Gasteiger charge is 2.13. The van der Waals surface area contributed by atoms with Crippen LogP contribution in [0.5, 0.6) is 0 Å². The highest BCUT2D eigenvalue weighted by molar-refractivity contribution is 6.30. The highest BCUT2D eigenvalue weighted by atomic mass is 35.5. The van der Waals surface area contributed by atoms with Crippen LogP contribution in [0.15, 0.2) is 48.5 Å². The van der Waals surface area contributed by atoms with Gasteiger partial charge in [-0.1, -0.05) is 29.8 Å². The van der Waals surface area contributed by atoms with E-state index in [1.165, 1.54) is 18.2 Å². The second-order valence-electron chi connectivity index (χ2n) is 4.33. The minimum atomic E-state index is -1.05. The molecule has 3 nitrogen and oxygen atoms in total. The topological polar surface area (TPSA) is 49.3 Å². The molecule has 0 aromatic heterocycles. The average molecular weight is 294 g/mol. The van der Waals surface area contributed by atoms with Gasteiger partial charge >= 0.3 is 0 Å². The molecule has 0 heterocycles. The molecule has 5 heteroatoms. The molecule has 1 amide bonds. The molecular formula is C15H13ClFNO2. The van der Waals surface area contributed by atoms with Gasteiger partial charge in [0.05, 0.1) is 12.5 Å². The molecule has 0 aliphatic rings. The molecule has 0 aliphatic heterocycles. The molecule has 0 spiro atoms. The van der Waals surface area contributed by atoms with Crippen molar-refractivity contribution in [2.45, 2.75) is 12.5 Å². The zero-order chi connectivity index (χ0) is 14.5. The minimum Gasteiger partial charge on any atom is -0.388 e. The maximum atomic E-state index is 13.0. The number of amides is 1. The molecule has 0 saturated heterocycles. The number of hydrogen-bond acceptors (Lipinski definition) is 2. The smallest absolute Gasteiger partial charge is 0.227 e. The first-order chi connectivity index (χ1) is 9.54. The Morgan fingerprint density at radius 1 is 1.25 bits per heavy atom. The molecule has 0 saturated carbocycles. The molecule has 20 heavy (non-hydrogen) atoms. The number of carbonyl (C=O) groups is 1. The summed E-state index contributed by atoms with van der Waals surface area (Å²) in [5, 5.41) is 13.0. The summed E-state index contributed by atoms with van der Waals surface area (Å²) in [6, 6.07) is 12.2. The van der Waals surface area contributed by atoms with Gasteiger partial charge in [-0.3, -0.25) is 4.79 Å². The van der Waals surface area contributed by atoms with Crippen LogP contribution in [0.4, 0.5) is 10.1 Å². The van der Waals surface area contributed by atoms with Crippen LogP contribution in [0.3, 0.4) is 0 Å². The van der Waals surface area contributed by atoms with Gasteiger partial charge in [0.2, 0.25) is 5.91 Å². The van der Waals surface area contributed by atoms with Crippen LogP contribution in [0.1, 0.15) is 18.1 Å². The molecule has 2 N–H and O–H groups in total. The van der Waals surface area contributed by atoms with Crippen LogP contribution in [0.25, 0.3) is 0 Å². The molecule has 0 bridgehead atoms. The predicted octanol–water partition coefficient (Wildman–Crippen LogP) is 3.54. The van der Waals surface area contributed by atoms with Gasteiger partial charge in [0.15, 0.2) is 0 Å². The number of aliphatic hydroxyl groups excluding tert-OH is 1. The van der Waals surface area contributed by atoms with Gasteiger partial charge in [-0.2, -0.15) is 0 Å². The van der Waals surface area contributed by atoms with E-state index in [1.807, 2.05) is 0 Å². The fraction of sp³-hybridized carbons (Fsp3) is 0.133. The number of anilines is 1. The Hall–Kier alpha value is -1.91. The normalized spacial score (nSPS) is 11.9. The quantitative estimate of drug-likeness (QED) is 0.906. The Morgan fingerprint density at radius 2 is 2.00 bits per heavy atom. The molecule has 2 rings (SSSR count). The molecule has 2 aromatic carbocycles. The van der Waals surface area contributed by atoms with Crippen LogP contribution in [-0.4, -0.2) is 11.0 Å². The summed E-state index contributed by atoms with van der Waals surface area (Å²) in [5.74, 6) is -0.819. The third-order valence-corrected chi connectivity index (χ3v) is 2.96. The van der Waals surface area contributed by atoms with E-state index in [4.69, 9.17) is 11.6 Å². The minimum absolute atomic E-state index is 0.157. The van der Waals surface area contributed by atoms with Crippen molar-refractivity contribution in [2.24, 2.45) is 0 Å². The number of halogens is 2. The van der Waals surface area contributed by atoms with Crippen molar-refractivity contribution in [2.75, 3.05) is 5.32 Å². The predicted molar refractivity (Wildman–Crippen MR) is 76.1 cm³/mol. The van der Waals surface area contributed by atoms with Crippen LogP contribution in [0, 0.1) is 5.82 Å². The fourth-order valence-electron chi connectivity index (χ4n) is 1.79. The highest BCUT2D eigenvalue weighted by Crippen LogP contribution is 2.19. The summed E-state index contributed by atoms with van der Waals surface area (Å²) in [4.78, 5) is 11.8. The molecular weight excluding hydrogens is 281 g/mol. The lowest BCUT2D eigenvalue weighted by molar-refractivity contribution is -0.118. The van der Waals surface area contributed by atoms with E-state index in [0.29, 0.717) is 16.3 Å². The SMILES string of the molecule is O=C(CC(O)c1cccc(F)c1)Nc1cccc(Cl)c1. The van der Waals surface area contributed by atoms with Gasteiger partial charge < -0.3 is 10.4 Å². The Labute approximate surface area is 121 Å². The third kappa shape index (κ3) is 4.05. The van der Waals surface area contributed by atoms with Gasteiger partial charge in [-0.05, 0) is 35.9 Å². The lowest BCUT2D eigenvalue weighted by Crippen LogP contribution is -2.15. The largest absolute Gasteiger partial charge is 0.388 e. The summed E-state index contributed by atoms with van der Waals surface area (Å²) >= 11 is 5.80. The van der Waals surface area contributed by atoms with E-state index in [-0.39, 0.29) is 12.3 Å². The Morgan fingerprint density at radius 3 is 2.70 bits per heavy atom. The standard InChI is InChI=1S/C15H13ClFNO2/c16-11-4-2-6-13(8-11)18-15(20)9-14(19)10-3-1-5-12(17)7-10/h1-8,14,19H,9H2,(H,18,20). The summed E-state index contributed by atoms with van der Waals surface area (Å²) in [7, 11) is 0. The molecule has 0 aliphatic carbocycles. The zero-order valence-electron chi connectivity index (χ0n) is 10.5. The number of aliphatic hydroxyl groups is 1. The van der Waals surface area contributed by atoms with Crippen LogP contribution < -0.4 is 5.32 Å². The summed E-state index contributed by atoms with van der Waals surface area (Å²) in [5.41, 5.74) is 0.917. The first kappa shape index (κ1) is 14.5. The fourth-order valence-corrected chi connectivity index (χ4v) is 1.98. The molecule has 104 valence electrons. The van der Waals surface area contributed by atoms with E-state index in [9.17, 15) is 14.3 Å². The average Bonchev–Trinajstić information content (AvgIpc) is 2.38. The summed E-state index contributed by atoms with van der Waals surface area (Å²) in [6.45, 7) is 0. The third-order valence-electron chi connectivity index (χ3n) is 2.72. The lowest BCUT2D eigenvalue weighted by atomic mass is 10.1. The van der Waals surface area contributed by atoms with E-state index in [2.05, 4.69) is 5.32 Å². The molecule has 1 unspecified atom stereocenters. The van der Waals surface area contributed by atoms with Crippen molar-refractivity contribution in [1.82, 2.24) is 0 Å². The second kappa shape index (κ2) is 6.50. The van der Waals surface area contributed by atoms with Gasteiger partial charge in [0.25, 0.3) is 0 Å². The van der Waals surface area contributed by atoms with Crippen LogP contribution >= 0.6 is 11.6 Å². The van der Waals surface area contributed by atoms with Gasteiger partial charge in [-0.25, -0.2) is 4.39 Å². The van der Waals surface area contributed by atoms with Gasteiger partial charge in [0.1, 0.15) is 5.82 Å². The van der Waals surface area contributed by atoms with Gasteiger partial charge in [0, 0.05) is 10.7 Å². The number of benzene rings is 2. The van der Waals surface area contributed by atoms with Crippen LogP contribution in [0.2, 0.25) is 5.02 Å². The van der Waals surface area contributed by atoms with Crippen molar-refractivity contribution in [3.63, 3.8) is 0 Å². The molecule has 0 fully saturated rings. The van der Waals surface area contributed by atoms with E-state index < -0.39 is 11.9 Å². The van der Waals surface area contributed by atoms with Crippen molar-refractivity contribution in [3.05, 3.63) is 64.9 Å². The van der Waals surface area contributed by atoms with Crippen molar-refractivity contribution >= 4 is 23.2 Å². The maximum absolute atomic E-state index is 13.0. The first-order valence-corrected chi connectivity index (χ1v) is 6.41. The number of rotatable bonds is 4. The Balaban J connectivity index is 1.97. The molecule has 2 aromatic rings.